The van der Waals surface area contributed by atoms with Crippen molar-refractivity contribution in [1.29, 1.82) is 0 Å². The minimum atomic E-state index is -0.0659. The Kier molecular flexibility index (Phi) is 20.4. The molecule has 1 amide bonds. The molecule has 0 radical (unpaired) electrons. The standard InChI is InChI=1S/C24H49NO/c1-3-5-7-9-11-13-14-16-18-20-22-23(24(25)26)21-19-17-15-12-10-8-6-4-2/h23H,3-22H2,1-2H3,(H2,25,26). The molecule has 0 rings (SSSR count). The normalized spacial score (nSPS) is 12.4. The van der Waals surface area contributed by atoms with Gasteiger partial charge >= 0.3 is 0 Å². The molecule has 0 saturated carbocycles. The van der Waals surface area contributed by atoms with Crippen molar-refractivity contribution in [2.45, 2.75) is 142 Å². The summed E-state index contributed by atoms with van der Waals surface area (Å²) in [6.45, 7) is 4.53. The Morgan fingerprint density at radius 2 is 0.808 bits per heavy atom. The summed E-state index contributed by atoms with van der Waals surface area (Å²) in [5, 5.41) is 0. The van der Waals surface area contributed by atoms with E-state index in [2.05, 4.69) is 13.8 Å². The molecule has 26 heavy (non-hydrogen) atoms. The maximum absolute atomic E-state index is 11.7. The lowest BCUT2D eigenvalue weighted by Crippen LogP contribution is -2.23. The van der Waals surface area contributed by atoms with E-state index < -0.39 is 0 Å². The van der Waals surface area contributed by atoms with Gasteiger partial charge in [0.15, 0.2) is 0 Å². The SMILES string of the molecule is CCCCCCCCCCCCC(CCCCCCCCCC)C(N)=O. The molecule has 0 aliphatic carbocycles. The summed E-state index contributed by atoms with van der Waals surface area (Å²) < 4.78 is 0. The molecule has 1 atom stereocenters. The highest BCUT2D eigenvalue weighted by Crippen LogP contribution is 2.19. The third kappa shape index (κ3) is 18.3. The van der Waals surface area contributed by atoms with Gasteiger partial charge in [-0.1, -0.05) is 129 Å². The maximum atomic E-state index is 11.7. The van der Waals surface area contributed by atoms with Crippen LogP contribution in [0.15, 0.2) is 0 Å². The Labute approximate surface area is 165 Å². The number of amides is 1. The van der Waals surface area contributed by atoms with E-state index in [0.717, 1.165) is 12.8 Å². The highest BCUT2D eigenvalue weighted by Gasteiger charge is 2.14. The Morgan fingerprint density at radius 1 is 0.538 bits per heavy atom. The van der Waals surface area contributed by atoms with Crippen LogP contribution in [0, 0.1) is 5.92 Å². The number of carbonyl (C=O) groups is 1. The van der Waals surface area contributed by atoms with Crippen LogP contribution in [0.1, 0.15) is 142 Å². The molecule has 2 heteroatoms. The fraction of sp³-hybridized carbons (Fsp3) is 0.958. The van der Waals surface area contributed by atoms with Crippen LogP contribution in [0.5, 0.6) is 0 Å². The van der Waals surface area contributed by atoms with Crippen LogP contribution in [0.3, 0.4) is 0 Å². The summed E-state index contributed by atoms with van der Waals surface area (Å²) in [5.74, 6) is 0.0630. The summed E-state index contributed by atoms with van der Waals surface area (Å²) >= 11 is 0. The van der Waals surface area contributed by atoms with Crippen molar-refractivity contribution in [2.24, 2.45) is 11.7 Å². The number of carbonyl (C=O) groups excluding carboxylic acids is 1. The predicted octanol–water partition coefficient (Wildman–Crippen LogP) is 7.93. The van der Waals surface area contributed by atoms with Crippen molar-refractivity contribution in [3.63, 3.8) is 0 Å². The second kappa shape index (κ2) is 20.8. The largest absolute Gasteiger partial charge is 0.369 e. The first-order valence-electron chi connectivity index (χ1n) is 12.0. The predicted molar refractivity (Wildman–Crippen MR) is 116 cm³/mol. The Morgan fingerprint density at radius 3 is 1.08 bits per heavy atom. The number of nitrogens with two attached hydrogens (primary N) is 1. The number of unbranched alkanes of at least 4 members (excludes halogenated alkanes) is 16. The average Bonchev–Trinajstić information content (AvgIpc) is 2.63. The average molecular weight is 368 g/mol. The van der Waals surface area contributed by atoms with Gasteiger partial charge in [-0.25, -0.2) is 0 Å². The molecule has 0 aliphatic heterocycles. The maximum Gasteiger partial charge on any atom is 0.220 e. The van der Waals surface area contributed by atoms with Crippen molar-refractivity contribution >= 4 is 5.91 Å². The fourth-order valence-corrected chi connectivity index (χ4v) is 3.83. The Bertz CT molecular complexity index is 290. The molecule has 156 valence electrons. The van der Waals surface area contributed by atoms with Gasteiger partial charge in [-0.15, -0.1) is 0 Å². The van der Waals surface area contributed by atoms with Gasteiger partial charge in [-0.3, -0.25) is 4.79 Å². The van der Waals surface area contributed by atoms with E-state index in [-0.39, 0.29) is 11.8 Å². The van der Waals surface area contributed by atoms with Crippen molar-refractivity contribution in [1.82, 2.24) is 0 Å². The zero-order chi connectivity index (χ0) is 19.3. The molecular weight excluding hydrogens is 318 g/mol. The second-order valence-electron chi connectivity index (χ2n) is 8.33. The summed E-state index contributed by atoms with van der Waals surface area (Å²) in [5.41, 5.74) is 5.61. The van der Waals surface area contributed by atoms with Crippen LogP contribution < -0.4 is 5.73 Å². The van der Waals surface area contributed by atoms with Crippen molar-refractivity contribution in [2.75, 3.05) is 0 Å². The summed E-state index contributed by atoms with van der Waals surface area (Å²) in [7, 11) is 0. The molecule has 0 heterocycles. The van der Waals surface area contributed by atoms with E-state index in [9.17, 15) is 4.79 Å². The zero-order valence-electron chi connectivity index (χ0n) is 18.2. The molecule has 0 aromatic heterocycles. The number of rotatable bonds is 21. The molecule has 0 aromatic carbocycles. The monoisotopic (exact) mass is 367 g/mol. The van der Waals surface area contributed by atoms with E-state index in [1.165, 1.54) is 116 Å². The zero-order valence-corrected chi connectivity index (χ0v) is 18.2. The van der Waals surface area contributed by atoms with Gasteiger partial charge in [0, 0.05) is 5.92 Å². The van der Waals surface area contributed by atoms with Crippen molar-refractivity contribution in [3.05, 3.63) is 0 Å². The topological polar surface area (TPSA) is 43.1 Å². The van der Waals surface area contributed by atoms with E-state index in [1.54, 1.807) is 0 Å². The Hall–Kier alpha value is -0.530. The highest BCUT2D eigenvalue weighted by molar-refractivity contribution is 5.76. The molecule has 2 N–H and O–H groups in total. The van der Waals surface area contributed by atoms with E-state index in [0.29, 0.717) is 0 Å². The molecule has 0 spiro atoms. The van der Waals surface area contributed by atoms with Crippen LogP contribution in [0.25, 0.3) is 0 Å². The second-order valence-corrected chi connectivity index (χ2v) is 8.33. The quantitative estimate of drug-likeness (QED) is 0.206. The Balaban J connectivity index is 3.46. The third-order valence-corrected chi connectivity index (χ3v) is 5.71. The lowest BCUT2D eigenvalue weighted by Gasteiger charge is -2.13. The summed E-state index contributed by atoms with van der Waals surface area (Å²) in [4.78, 5) is 11.7. The first-order chi connectivity index (χ1) is 12.7. The van der Waals surface area contributed by atoms with Gasteiger partial charge in [0.1, 0.15) is 0 Å². The van der Waals surface area contributed by atoms with Crippen LogP contribution in [-0.4, -0.2) is 5.91 Å². The van der Waals surface area contributed by atoms with E-state index in [1.807, 2.05) is 0 Å². The van der Waals surface area contributed by atoms with Crippen molar-refractivity contribution < 1.29 is 4.79 Å². The van der Waals surface area contributed by atoms with Gasteiger partial charge < -0.3 is 5.73 Å². The van der Waals surface area contributed by atoms with Gasteiger partial charge in [0.2, 0.25) is 5.91 Å². The van der Waals surface area contributed by atoms with E-state index in [4.69, 9.17) is 5.73 Å². The van der Waals surface area contributed by atoms with Crippen LogP contribution >= 0.6 is 0 Å². The van der Waals surface area contributed by atoms with Crippen LogP contribution in [0.4, 0.5) is 0 Å². The number of primary amides is 1. The summed E-state index contributed by atoms with van der Waals surface area (Å²) in [6, 6.07) is 0. The lowest BCUT2D eigenvalue weighted by atomic mass is 9.93. The molecule has 0 fully saturated rings. The molecule has 0 aliphatic rings. The minimum Gasteiger partial charge on any atom is -0.369 e. The first-order valence-corrected chi connectivity index (χ1v) is 12.0. The van der Waals surface area contributed by atoms with Crippen LogP contribution in [-0.2, 0) is 4.79 Å². The molecule has 0 aromatic rings. The van der Waals surface area contributed by atoms with Gasteiger partial charge in [-0.2, -0.15) is 0 Å². The van der Waals surface area contributed by atoms with Gasteiger partial charge in [0.25, 0.3) is 0 Å². The molecular formula is C24H49NO. The smallest absolute Gasteiger partial charge is 0.220 e. The summed E-state index contributed by atoms with van der Waals surface area (Å²) in [6.07, 6.45) is 26.1. The third-order valence-electron chi connectivity index (χ3n) is 5.71. The molecule has 0 bridgehead atoms. The number of hydrogen-bond acceptors (Lipinski definition) is 1. The molecule has 2 nitrogen and oxygen atoms in total. The lowest BCUT2D eigenvalue weighted by molar-refractivity contribution is -0.122. The fourth-order valence-electron chi connectivity index (χ4n) is 3.83. The minimum absolute atomic E-state index is 0.0659. The first kappa shape index (κ1) is 25.5. The van der Waals surface area contributed by atoms with Gasteiger partial charge in [-0.05, 0) is 12.8 Å². The van der Waals surface area contributed by atoms with Gasteiger partial charge in [0.05, 0.1) is 0 Å². The number of hydrogen-bond donors (Lipinski definition) is 1. The molecule has 0 saturated heterocycles. The molecule has 1 unspecified atom stereocenters. The van der Waals surface area contributed by atoms with E-state index >= 15 is 0 Å². The van der Waals surface area contributed by atoms with Crippen LogP contribution in [0.2, 0.25) is 0 Å². The highest BCUT2D eigenvalue weighted by atomic mass is 16.1. The van der Waals surface area contributed by atoms with Crippen molar-refractivity contribution in [3.8, 4) is 0 Å².